The lowest BCUT2D eigenvalue weighted by atomic mass is 10.2. The van der Waals surface area contributed by atoms with Crippen LogP contribution < -0.4 is 5.32 Å². The van der Waals surface area contributed by atoms with Gasteiger partial charge >= 0.3 is 0 Å². The van der Waals surface area contributed by atoms with Crippen LogP contribution in [0.4, 0.5) is 0 Å². The fraction of sp³-hybridized carbons (Fsp3) is 0.615. The minimum atomic E-state index is 0.0696. The van der Waals surface area contributed by atoms with Crippen LogP contribution in [0.3, 0.4) is 0 Å². The van der Waals surface area contributed by atoms with Crippen molar-refractivity contribution in [3.8, 4) is 0 Å². The normalized spacial score (nSPS) is 16.3. The zero-order valence-electron chi connectivity index (χ0n) is 10.4. The standard InChI is InChI=1S/C13H20N2OS/c1-2-12-9-11(10-17-12)13(16)14-5-8-15-6-3-4-7-15/h9-10H,2-8H2,1H3,(H,14,16). The van der Waals surface area contributed by atoms with Crippen LogP contribution >= 0.6 is 11.3 Å². The molecule has 0 aliphatic carbocycles. The molecule has 0 unspecified atom stereocenters. The number of hydrogen-bond acceptors (Lipinski definition) is 3. The van der Waals surface area contributed by atoms with Gasteiger partial charge in [0.2, 0.25) is 0 Å². The molecule has 4 heteroatoms. The van der Waals surface area contributed by atoms with Crippen LogP contribution in [-0.4, -0.2) is 37.0 Å². The van der Waals surface area contributed by atoms with Gasteiger partial charge in [-0.05, 0) is 38.4 Å². The number of amides is 1. The van der Waals surface area contributed by atoms with E-state index in [1.807, 2.05) is 11.4 Å². The molecule has 0 aromatic carbocycles. The topological polar surface area (TPSA) is 32.3 Å². The van der Waals surface area contributed by atoms with Crippen LogP contribution in [-0.2, 0) is 6.42 Å². The minimum absolute atomic E-state index is 0.0696. The molecule has 0 bridgehead atoms. The van der Waals surface area contributed by atoms with E-state index in [9.17, 15) is 4.79 Å². The molecule has 1 N–H and O–H groups in total. The van der Waals surface area contributed by atoms with E-state index in [4.69, 9.17) is 0 Å². The van der Waals surface area contributed by atoms with Crippen LogP contribution in [0.25, 0.3) is 0 Å². The Morgan fingerprint density at radius 1 is 1.47 bits per heavy atom. The highest BCUT2D eigenvalue weighted by Gasteiger charge is 2.12. The molecule has 1 amide bonds. The van der Waals surface area contributed by atoms with Crippen molar-refractivity contribution in [3.63, 3.8) is 0 Å². The highest BCUT2D eigenvalue weighted by atomic mass is 32.1. The Labute approximate surface area is 107 Å². The van der Waals surface area contributed by atoms with Crippen molar-refractivity contribution >= 4 is 17.2 Å². The number of carbonyl (C=O) groups is 1. The summed E-state index contributed by atoms with van der Waals surface area (Å²) in [5.74, 6) is 0.0696. The van der Waals surface area contributed by atoms with Crippen molar-refractivity contribution < 1.29 is 4.79 Å². The predicted molar refractivity (Wildman–Crippen MR) is 71.7 cm³/mol. The Morgan fingerprint density at radius 2 is 2.24 bits per heavy atom. The third-order valence-electron chi connectivity index (χ3n) is 3.18. The molecule has 94 valence electrons. The molecule has 1 aliphatic heterocycles. The largest absolute Gasteiger partial charge is 0.351 e. The molecule has 1 fully saturated rings. The fourth-order valence-electron chi connectivity index (χ4n) is 2.12. The molecule has 1 aliphatic rings. The van der Waals surface area contributed by atoms with Gasteiger partial charge in [0.25, 0.3) is 5.91 Å². The van der Waals surface area contributed by atoms with Crippen LogP contribution in [0.2, 0.25) is 0 Å². The predicted octanol–water partition coefficient (Wildman–Crippen LogP) is 2.14. The van der Waals surface area contributed by atoms with Gasteiger partial charge in [-0.2, -0.15) is 0 Å². The molecule has 1 aromatic rings. The van der Waals surface area contributed by atoms with Crippen molar-refractivity contribution in [2.24, 2.45) is 0 Å². The maximum absolute atomic E-state index is 11.8. The summed E-state index contributed by atoms with van der Waals surface area (Å²) in [5, 5.41) is 4.94. The summed E-state index contributed by atoms with van der Waals surface area (Å²) in [6.45, 7) is 6.23. The molecule has 2 rings (SSSR count). The lowest BCUT2D eigenvalue weighted by molar-refractivity contribution is 0.0950. The van der Waals surface area contributed by atoms with Crippen molar-refractivity contribution in [1.29, 1.82) is 0 Å². The fourth-order valence-corrected chi connectivity index (χ4v) is 2.94. The first-order valence-electron chi connectivity index (χ1n) is 6.37. The Hall–Kier alpha value is -0.870. The van der Waals surface area contributed by atoms with Gasteiger partial charge in [0.15, 0.2) is 0 Å². The highest BCUT2D eigenvalue weighted by molar-refractivity contribution is 7.10. The Bertz CT molecular complexity index is 369. The molecule has 3 nitrogen and oxygen atoms in total. The third-order valence-corrected chi connectivity index (χ3v) is 4.26. The molecular weight excluding hydrogens is 232 g/mol. The lowest BCUT2D eigenvalue weighted by Gasteiger charge is -2.14. The molecule has 0 radical (unpaired) electrons. The third kappa shape index (κ3) is 3.54. The van der Waals surface area contributed by atoms with E-state index in [2.05, 4.69) is 17.1 Å². The average Bonchev–Trinajstić information content (AvgIpc) is 2.99. The molecule has 1 aromatic heterocycles. The molecule has 2 heterocycles. The van der Waals surface area contributed by atoms with Gasteiger partial charge in [-0.25, -0.2) is 0 Å². The van der Waals surface area contributed by atoms with E-state index in [0.29, 0.717) is 0 Å². The van der Waals surface area contributed by atoms with Crippen LogP contribution in [0.15, 0.2) is 11.4 Å². The number of rotatable bonds is 5. The molecule has 0 saturated carbocycles. The molecule has 0 spiro atoms. The maximum atomic E-state index is 11.8. The van der Waals surface area contributed by atoms with E-state index in [1.165, 1.54) is 30.8 Å². The number of aryl methyl sites for hydroxylation is 1. The Morgan fingerprint density at radius 3 is 2.88 bits per heavy atom. The Balaban J connectivity index is 1.72. The summed E-state index contributed by atoms with van der Waals surface area (Å²) < 4.78 is 0. The monoisotopic (exact) mass is 252 g/mol. The number of thiophene rings is 1. The number of likely N-dealkylation sites (tertiary alicyclic amines) is 1. The van der Waals surface area contributed by atoms with Crippen molar-refractivity contribution in [1.82, 2.24) is 10.2 Å². The summed E-state index contributed by atoms with van der Waals surface area (Å²) in [5.41, 5.74) is 0.813. The summed E-state index contributed by atoms with van der Waals surface area (Å²) in [6.07, 6.45) is 3.61. The van der Waals surface area contributed by atoms with Crippen molar-refractivity contribution in [2.75, 3.05) is 26.2 Å². The van der Waals surface area contributed by atoms with Gasteiger partial charge in [-0.15, -0.1) is 11.3 Å². The second-order valence-electron chi connectivity index (χ2n) is 4.46. The minimum Gasteiger partial charge on any atom is -0.351 e. The van der Waals surface area contributed by atoms with Gasteiger partial charge < -0.3 is 10.2 Å². The van der Waals surface area contributed by atoms with Gasteiger partial charge in [-0.1, -0.05) is 6.92 Å². The van der Waals surface area contributed by atoms with Crippen molar-refractivity contribution in [3.05, 3.63) is 21.9 Å². The molecular formula is C13H20N2OS. The number of nitrogens with one attached hydrogen (secondary N) is 1. The summed E-state index contributed by atoms with van der Waals surface area (Å²) >= 11 is 1.67. The second-order valence-corrected chi connectivity index (χ2v) is 5.46. The van der Waals surface area contributed by atoms with Gasteiger partial charge in [0, 0.05) is 23.3 Å². The molecule has 1 saturated heterocycles. The second kappa shape index (κ2) is 6.17. The Kier molecular flexibility index (Phi) is 4.57. The summed E-state index contributed by atoms with van der Waals surface area (Å²) in [7, 11) is 0. The van der Waals surface area contributed by atoms with E-state index in [-0.39, 0.29) is 5.91 Å². The zero-order valence-corrected chi connectivity index (χ0v) is 11.2. The van der Waals surface area contributed by atoms with Gasteiger partial charge in [0.1, 0.15) is 0 Å². The number of carbonyl (C=O) groups excluding carboxylic acids is 1. The molecule has 17 heavy (non-hydrogen) atoms. The summed E-state index contributed by atoms with van der Waals surface area (Å²) in [6, 6.07) is 2.00. The van der Waals surface area contributed by atoms with E-state index in [0.717, 1.165) is 25.1 Å². The number of hydrogen-bond donors (Lipinski definition) is 1. The highest BCUT2D eigenvalue weighted by Crippen LogP contribution is 2.14. The van der Waals surface area contributed by atoms with E-state index in [1.54, 1.807) is 11.3 Å². The lowest BCUT2D eigenvalue weighted by Crippen LogP contribution is -2.33. The van der Waals surface area contributed by atoms with E-state index < -0.39 is 0 Å². The van der Waals surface area contributed by atoms with Crippen molar-refractivity contribution in [2.45, 2.75) is 26.2 Å². The van der Waals surface area contributed by atoms with Crippen LogP contribution in [0.5, 0.6) is 0 Å². The maximum Gasteiger partial charge on any atom is 0.252 e. The molecule has 0 atom stereocenters. The van der Waals surface area contributed by atoms with Crippen LogP contribution in [0, 0.1) is 0 Å². The first-order valence-corrected chi connectivity index (χ1v) is 7.25. The number of nitrogens with zero attached hydrogens (tertiary/aromatic N) is 1. The van der Waals surface area contributed by atoms with Gasteiger partial charge in [0.05, 0.1) is 5.56 Å². The summed E-state index contributed by atoms with van der Waals surface area (Å²) in [4.78, 5) is 15.5. The smallest absolute Gasteiger partial charge is 0.252 e. The quantitative estimate of drug-likeness (QED) is 0.870. The van der Waals surface area contributed by atoms with Crippen LogP contribution in [0.1, 0.15) is 35.0 Å². The van der Waals surface area contributed by atoms with E-state index >= 15 is 0 Å². The average molecular weight is 252 g/mol. The zero-order chi connectivity index (χ0) is 12.1. The van der Waals surface area contributed by atoms with Gasteiger partial charge in [-0.3, -0.25) is 4.79 Å². The first kappa shape index (κ1) is 12.6. The first-order chi connectivity index (χ1) is 8.29. The SMILES string of the molecule is CCc1cc(C(=O)NCCN2CCCC2)cs1.